The smallest absolute Gasteiger partial charge is 0.369 e. The molecule has 2 saturated heterocycles. The largest absolute Gasteiger partial charge is 0.417 e. The highest BCUT2D eigenvalue weighted by Gasteiger charge is 2.32. The Labute approximate surface area is 217 Å². The predicted molar refractivity (Wildman–Crippen MR) is 132 cm³/mol. The van der Waals surface area contributed by atoms with Gasteiger partial charge in [-0.1, -0.05) is 6.92 Å². The summed E-state index contributed by atoms with van der Waals surface area (Å²) >= 11 is 0. The maximum absolute atomic E-state index is 13.0. The molecule has 0 spiro atoms. The van der Waals surface area contributed by atoms with Crippen LogP contribution in [0.5, 0.6) is 0 Å². The van der Waals surface area contributed by atoms with Crippen LogP contribution in [0.15, 0.2) is 42.6 Å². The molecule has 2 fully saturated rings. The van der Waals surface area contributed by atoms with Crippen molar-refractivity contribution in [1.29, 1.82) is 0 Å². The Morgan fingerprint density at radius 3 is 2.00 bits per heavy atom. The molecule has 2 aliphatic heterocycles. The molecular weight excluding hydrogens is 512 g/mol. The molecule has 6 nitrogen and oxygen atoms in total. The van der Waals surface area contributed by atoms with E-state index < -0.39 is 23.5 Å². The number of carbonyl (C=O) groups excluding carboxylic acids is 1. The van der Waals surface area contributed by atoms with Crippen molar-refractivity contribution >= 4 is 17.4 Å². The summed E-state index contributed by atoms with van der Waals surface area (Å²) in [6, 6.07) is 7.53. The second-order valence-corrected chi connectivity index (χ2v) is 9.91. The van der Waals surface area contributed by atoms with Crippen LogP contribution in [0, 0.1) is 5.92 Å². The van der Waals surface area contributed by atoms with Crippen LogP contribution in [0.1, 0.15) is 30.9 Å². The zero-order valence-corrected chi connectivity index (χ0v) is 21.0. The van der Waals surface area contributed by atoms with Crippen LogP contribution in [0.3, 0.4) is 0 Å². The van der Waals surface area contributed by atoms with Gasteiger partial charge in [-0.05, 0) is 49.2 Å². The fraction of sp³-hybridized carbons (Fsp3) is 0.538. The minimum atomic E-state index is -4.42. The van der Waals surface area contributed by atoms with Gasteiger partial charge in [-0.15, -0.1) is 0 Å². The van der Waals surface area contributed by atoms with Crippen molar-refractivity contribution in [3.63, 3.8) is 0 Å². The highest BCUT2D eigenvalue weighted by atomic mass is 19.4. The van der Waals surface area contributed by atoms with Gasteiger partial charge in [-0.25, -0.2) is 4.98 Å². The van der Waals surface area contributed by atoms with Crippen molar-refractivity contribution in [2.45, 2.75) is 38.2 Å². The third-order valence-electron chi connectivity index (χ3n) is 7.14. The van der Waals surface area contributed by atoms with E-state index in [0.29, 0.717) is 64.5 Å². The highest BCUT2D eigenvalue weighted by molar-refractivity contribution is 5.78. The number of nitrogens with zero attached hydrogens (tertiary/aromatic N) is 4. The molecule has 0 aliphatic carbocycles. The van der Waals surface area contributed by atoms with Crippen LogP contribution in [0.4, 0.5) is 37.8 Å². The number of amides is 1. The van der Waals surface area contributed by atoms with E-state index in [9.17, 15) is 31.1 Å². The SMILES string of the molecule is CC(CN1CCN(c2ccc(C(F)(F)F)cc2)CC1)C(=O)N1CCC(Nc2ccc(C(F)(F)F)cn2)CC1. The van der Waals surface area contributed by atoms with Crippen LogP contribution in [-0.4, -0.2) is 72.5 Å². The Kier molecular flexibility index (Phi) is 8.39. The molecule has 1 N–H and O–H groups in total. The number of hydrogen-bond acceptors (Lipinski definition) is 5. The first-order valence-electron chi connectivity index (χ1n) is 12.6. The maximum atomic E-state index is 13.0. The lowest BCUT2D eigenvalue weighted by Crippen LogP contribution is -2.50. The van der Waals surface area contributed by atoms with Crippen molar-refractivity contribution in [3.8, 4) is 0 Å². The van der Waals surface area contributed by atoms with Crippen molar-refractivity contribution in [2.75, 3.05) is 56.0 Å². The Balaban J connectivity index is 1.19. The monoisotopic (exact) mass is 543 g/mol. The zero-order valence-electron chi connectivity index (χ0n) is 21.0. The molecule has 1 aromatic heterocycles. The number of hydrogen-bond donors (Lipinski definition) is 1. The fourth-order valence-electron chi connectivity index (χ4n) is 4.93. The first kappa shape index (κ1) is 28.0. The third-order valence-corrected chi connectivity index (χ3v) is 7.14. The number of rotatable bonds is 6. The lowest BCUT2D eigenvalue weighted by molar-refractivity contribution is -0.138. The number of alkyl halides is 6. The average molecular weight is 544 g/mol. The number of halogens is 6. The van der Waals surface area contributed by atoms with Gasteiger partial charge in [0, 0.05) is 69.7 Å². The van der Waals surface area contributed by atoms with Gasteiger partial charge >= 0.3 is 12.4 Å². The van der Waals surface area contributed by atoms with E-state index in [1.165, 1.54) is 18.2 Å². The van der Waals surface area contributed by atoms with Gasteiger partial charge in [0.25, 0.3) is 0 Å². The Bertz CT molecular complexity index is 1060. The second-order valence-electron chi connectivity index (χ2n) is 9.91. The number of aromatic nitrogens is 1. The van der Waals surface area contributed by atoms with Crippen molar-refractivity contribution < 1.29 is 31.1 Å². The van der Waals surface area contributed by atoms with Crippen LogP contribution in [-0.2, 0) is 17.1 Å². The van der Waals surface area contributed by atoms with Gasteiger partial charge < -0.3 is 15.1 Å². The molecule has 0 radical (unpaired) electrons. The van der Waals surface area contributed by atoms with E-state index in [0.717, 1.165) is 30.1 Å². The molecule has 1 unspecified atom stereocenters. The van der Waals surface area contributed by atoms with Gasteiger partial charge in [0.05, 0.1) is 11.1 Å². The quantitative estimate of drug-likeness (QED) is 0.521. The number of pyridine rings is 1. The number of nitrogens with one attached hydrogen (secondary N) is 1. The van der Waals surface area contributed by atoms with Gasteiger partial charge in [-0.3, -0.25) is 9.69 Å². The number of likely N-dealkylation sites (tertiary alicyclic amines) is 1. The van der Waals surface area contributed by atoms with Gasteiger partial charge in [0.2, 0.25) is 5.91 Å². The Morgan fingerprint density at radius 1 is 0.895 bits per heavy atom. The maximum Gasteiger partial charge on any atom is 0.417 e. The summed E-state index contributed by atoms with van der Waals surface area (Å²) in [6.07, 6.45) is -6.62. The third kappa shape index (κ3) is 7.09. The van der Waals surface area contributed by atoms with Crippen LogP contribution in [0.25, 0.3) is 0 Å². The number of benzene rings is 1. The van der Waals surface area contributed by atoms with Crippen LogP contribution < -0.4 is 10.2 Å². The first-order valence-corrected chi connectivity index (χ1v) is 12.6. The summed E-state index contributed by atoms with van der Waals surface area (Å²) in [7, 11) is 0. The summed E-state index contributed by atoms with van der Waals surface area (Å²) in [5, 5.41) is 3.16. The minimum absolute atomic E-state index is 0.0249. The van der Waals surface area contributed by atoms with Crippen LogP contribution >= 0.6 is 0 Å². The molecular formula is C26H31F6N5O. The van der Waals surface area contributed by atoms with Crippen LogP contribution in [0.2, 0.25) is 0 Å². The number of piperidine rings is 1. The Morgan fingerprint density at radius 2 is 1.47 bits per heavy atom. The minimum Gasteiger partial charge on any atom is -0.369 e. The van der Waals surface area contributed by atoms with Gasteiger partial charge in [0.1, 0.15) is 5.82 Å². The van der Waals surface area contributed by atoms with E-state index in [4.69, 9.17) is 0 Å². The molecule has 0 bridgehead atoms. The lowest BCUT2D eigenvalue weighted by Gasteiger charge is -2.38. The first-order chi connectivity index (χ1) is 17.9. The Hall–Kier alpha value is -3.02. The molecule has 3 heterocycles. The highest BCUT2D eigenvalue weighted by Crippen LogP contribution is 2.31. The topological polar surface area (TPSA) is 51.7 Å². The van der Waals surface area contributed by atoms with E-state index in [2.05, 4.69) is 15.2 Å². The summed E-state index contributed by atoms with van der Waals surface area (Å²) in [6.45, 7) is 6.39. The molecule has 208 valence electrons. The summed E-state index contributed by atoms with van der Waals surface area (Å²) in [4.78, 5) is 23.0. The molecule has 2 aliphatic rings. The van der Waals surface area contributed by atoms with E-state index >= 15 is 0 Å². The van der Waals surface area contributed by atoms with E-state index in [1.54, 1.807) is 0 Å². The van der Waals surface area contributed by atoms with Crippen molar-refractivity contribution in [3.05, 3.63) is 53.7 Å². The molecule has 1 atom stereocenters. The molecule has 1 aromatic carbocycles. The van der Waals surface area contributed by atoms with Crippen molar-refractivity contribution in [1.82, 2.24) is 14.8 Å². The number of piperazine rings is 1. The summed E-state index contributed by atoms with van der Waals surface area (Å²) < 4.78 is 76.5. The van der Waals surface area contributed by atoms with Crippen molar-refractivity contribution in [2.24, 2.45) is 5.92 Å². The van der Waals surface area contributed by atoms with E-state index in [1.807, 2.05) is 16.7 Å². The molecule has 0 saturated carbocycles. The molecule has 12 heteroatoms. The molecule has 1 amide bonds. The fourth-order valence-corrected chi connectivity index (χ4v) is 4.93. The average Bonchev–Trinajstić information content (AvgIpc) is 2.88. The normalized spacial score (nSPS) is 18.9. The summed E-state index contributed by atoms with van der Waals surface area (Å²) in [5.74, 6) is 0.251. The molecule has 2 aromatic rings. The predicted octanol–water partition coefficient (Wildman–Crippen LogP) is 4.98. The van der Waals surface area contributed by atoms with E-state index in [-0.39, 0.29) is 17.9 Å². The standard InChI is InChI=1S/C26H31F6N5O/c1-18(17-35-12-14-36(15-13-35)22-5-2-19(3-6-22)25(27,28)29)24(38)37-10-8-21(9-11-37)34-23-7-4-20(16-33-23)26(30,31)32/h2-7,16,18,21H,8-15,17H2,1H3,(H,33,34). The summed E-state index contributed by atoms with van der Waals surface area (Å²) in [5.41, 5.74) is -0.702. The van der Waals surface area contributed by atoms with Gasteiger partial charge in [0.15, 0.2) is 0 Å². The molecule has 38 heavy (non-hydrogen) atoms. The number of carbonyl (C=O) groups is 1. The van der Waals surface area contributed by atoms with Gasteiger partial charge in [-0.2, -0.15) is 26.3 Å². The molecule has 4 rings (SSSR count). The zero-order chi connectivity index (χ0) is 27.5. The second kappa shape index (κ2) is 11.4. The lowest BCUT2D eigenvalue weighted by atomic mass is 10.0. The number of anilines is 2.